The van der Waals surface area contributed by atoms with E-state index in [9.17, 15) is 54.0 Å². The molecule has 2 fully saturated rings. The smallest absolute Gasteiger partial charge is 0.352 e. The number of hydrogen-bond acceptors (Lipinski definition) is 16. The van der Waals surface area contributed by atoms with Gasteiger partial charge >= 0.3 is 17.9 Å². The maximum atomic E-state index is 13.6. The van der Waals surface area contributed by atoms with Crippen molar-refractivity contribution in [1.29, 1.82) is 0 Å². The van der Waals surface area contributed by atoms with Crippen LogP contribution in [0.15, 0.2) is 33.9 Å². The number of nitrogens with one attached hydrogen (secondary N) is 2. The number of thioether (sulfide) groups is 1. The van der Waals surface area contributed by atoms with Crippen molar-refractivity contribution in [3.05, 3.63) is 45.6 Å². The van der Waals surface area contributed by atoms with Gasteiger partial charge in [-0.3, -0.25) is 28.9 Å². The lowest BCUT2D eigenvalue weighted by Crippen LogP contribution is -2.72. The molecule has 292 valence electrons. The van der Waals surface area contributed by atoms with Crippen molar-refractivity contribution in [1.82, 2.24) is 25.6 Å². The van der Waals surface area contributed by atoms with Gasteiger partial charge in [-0.1, -0.05) is 5.16 Å². The number of phenols is 2. The maximum Gasteiger partial charge on any atom is 0.352 e. The molecule has 0 unspecified atom stereocenters. The van der Waals surface area contributed by atoms with Crippen LogP contribution in [-0.2, 0) is 28.8 Å². The fraction of sp³-hybridized carbons (Fsp3) is 0.406. The number of phenolic OH excluding ortho intramolecular Hbond substituents is 2. The summed E-state index contributed by atoms with van der Waals surface area (Å²) in [5, 5.41) is 55.3. The maximum absolute atomic E-state index is 13.6. The van der Waals surface area contributed by atoms with Crippen molar-refractivity contribution >= 4 is 75.5 Å². The van der Waals surface area contributed by atoms with Crippen LogP contribution in [-0.4, -0.2) is 148 Å². The summed E-state index contributed by atoms with van der Waals surface area (Å²) in [6.07, 6.45) is -1.29. The number of nitrogens with two attached hydrogens (primary N) is 1. The summed E-state index contributed by atoms with van der Waals surface area (Å²) in [7, 11) is 0. The predicted molar refractivity (Wildman–Crippen MR) is 189 cm³/mol. The fourth-order valence-corrected chi connectivity index (χ4v) is 8.94. The van der Waals surface area contributed by atoms with E-state index in [2.05, 4.69) is 20.9 Å². The number of amides is 4. The van der Waals surface area contributed by atoms with E-state index in [1.807, 2.05) is 0 Å². The molecule has 0 spiro atoms. The minimum absolute atomic E-state index is 0.0160. The van der Waals surface area contributed by atoms with Crippen molar-refractivity contribution in [2.75, 3.05) is 38.5 Å². The number of imide groups is 1. The first-order chi connectivity index (χ1) is 26.0. The van der Waals surface area contributed by atoms with E-state index in [-0.39, 0.29) is 40.7 Å². The van der Waals surface area contributed by atoms with E-state index in [1.165, 1.54) is 17.1 Å². The fourth-order valence-electron chi connectivity index (χ4n) is 6.95. The molecular weight excluding hydrogens is 769 g/mol. The van der Waals surface area contributed by atoms with Gasteiger partial charge in [-0.25, -0.2) is 25.0 Å². The summed E-state index contributed by atoms with van der Waals surface area (Å²) in [5.41, 5.74) is 7.91. The average molecular weight is 804 g/mol. The summed E-state index contributed by atoms with van der Waals surface area (Å²) < 4.78 is 0.386. The number of nitrogens with zero attached hydrogens (tertiary/aromatic N) is 5. The Kier molecular flexibility index (Phi) is 10.7. The van der Waals surface area contributed by atoms with Crippen molar-refractivity contribution in [2.24, 2.45) is 5.16 Å². The van der Waals surface area contributed by atoms with Crippen LogP contribution in [0.2, 0.25) is 0 Å². The van der Waals surface area contributed by atoms with Crippen LogP contribution in [0.5, 0.6) is 11.5 Å². The Morgan fingerprint density at radius 1 is 1.07 bits per heavy atom. The van der Waals surface area contributed by atoms with Crippen LogP contribution in [0, 0.1) is 0 Å². The minimum atomic E-state index is -1.96. The Morgan fingerprint density at radius 3 is 2.25 bits per heavy atom. The molecule has 55 heavy (non-hydrogen) atoms. The SMILES string of the molecule is C[C@@H]1S[C@@H]2[C@H](NC(=O)/C(=N\O[C@@H](CC(=O)O)C(=O)O)c3csc(N)n3)C(=O)N2C(C(=O)O)=C1C[N+]1(CCNN2C(=O)c3cc(O)c(O)cc3C2=O)CCCC1. The summed E-state index contributed by atoms with van der Waals surface area (Å²) in [6, 6.07) is 0.792. The zero-order valence-corrected chi connectivity index (χ0v) is 30.5. The number of carboxylic acids is 3. The molecule has 9 N–H and O–H groups in total. The van der Waals surface area contributed by atoms with Gasteiger partial charge in [0.25, 0.3) is 23.6 Å². The topological polar surface area (TPSA) is 312 Å². The number of nitrogen functional groups attached to an aromatic ring is 1. The largest absolute Gasteiger partial charge is 0.504 e. The average Bonchev–Trinajstić information content (AvgIpc) is 3.83. The van der Waals surface area contributed by atoms with Crippen molar-refractivity contribution in [3.63, 3.8) is 0 Å². The number of quaternary nitrogens is 1. The van der Waals surface area contributed by atoms with Gasteiger partial charge in [0.15, 0.2) is 22.3 Å². The van der Waals surface area contributed by atoms with E-state index in [0.29, 0.717) is 29.7 Å². The quantitative estimate of drug-likeness (QED) is 0.0276. The van der Waals surface area contributed by atoms with E-state index < -0.39 is 87.9 Å². The van der Waals surface area contributed by atoms with Gasteiger partial charge in [-0.2, -0.15) is 0 Å². The van der Waals surface area contributed by atoms with Gasteiger partial charge in [0.2, 0.25) is 6.10 Å². The number of oxime groups is 1. The third-order valence-corrected chi connectivity index (χ3v) is 11.8. The molecule has 0 radical (unpaired) electrons. The van der Waals surface area contributed by atoms with Gasteiger partial charge in [-0.05, 0) is 19.1 Å². The first kappa shape index (κ1) is 38.9. The number of hydrogen-bond donors (Lipinski definition) is 8. The number of thiazole rings is 1. The lowest BCUT2D eigenvalue weighted by atomic mass is 9.99. The molecule has 2 saturated heterocycles. The van der Waals surface area contributed by atoms with Gasteiger partial charge in [0, 0.05) is 29.0 Å². The Bertz CT molecular complexity index is 2020. The number of benzene rings is 1. The number of carbonyl (C=O) groups is 7. The lowest BCUT2D eigenvalue weighted by molar-refractivity contribution is -0.911. The molecule has 4 aliphatic heterocycles. The van der Waals surface area contributed by atoms with Crippen molar-refractivity contribution < 1.29 is 68.4 Å². The number of likely N-dealkylation sites (tertiary alicyclic amines) is 1. The van der Waals surface area contributed by atoms with E-state index in [1.54, 1.807) is 6.92 Å². The van der Waals surface area contributed by atoms with Crippen LogP contribution < -0.4 is 16.5 Å². The summed E-state index contributed by atoms with van der Waals surface area (Å²) in [6.45, 7) is 3.81. The van der Waals surface area contributed by atoms with Gasteiger partial charge in [-0.15, -0.1) is 23.1 Å². The van der Waals surface area contributed by atoms with Gasteiger partial charge in [0.05, 0.1) is 43.7 Å². The predicted octanol–water partition coefficient (Wildman–Crippen LogP) is -0.676. The number of rotatable bonds is 15. The molecule has 2 aromatic rings. The molecule has 6 rings (SSSR count). The molecule has 0 saturated carbocycles. The summed E-state index contributed by atoms with van der Waals surface area (Å²) in [4.78, 5) is 98.3. The molecule has 0 bridgehead atoms. The molecular formula is C32H35N8O13S2+. The van der Waals surface area contributed by atoms with Gasteiger partial charge < -0.3 is 45.9 Å². The van der Waals surface area contributed by atoms with E-state index in [4.69, 9.17) is 15.7 Å². The molecule has 0 aliphatic carbocycles. The second-order valence-electron chi connectivity index (χ2n) is 13.2. The molecule has 4 atom stereocenters. The van der Waals surface area contributed by atoms with Crippen LogP contribution in [0.1, 0.15) is 52.6 Å². The number of aromatic nitrogens is 1. The van der Waals surface area contributed by atoms with Crippen LogP contribution in [0.3, 0.4) is 0 Å². The highest BCUT2D eigenvalue weighted by Crippen LogP contribution is 2.45. The van der Waals surface area contributed by atoms with Crippen LogP contribution in [0.25, 0.3) is 0 Å². The second-order valence-corrected chi connectivity index (χ2v) is 15.5. The zero-order valence-electron chi connectivity index (χ0n) is 28.8. The number of carbonyl (C=O) groups excluding carboxylic acids is 4. The second kappa shape index (κ2) is 15.2. The van der Waals surface area contributed by atoms with Crippen molar-refractivity contribution in [3.8, 4) is 11.5 Å². The number of aromatic hydroxyl groups is 2. The Balaban J connectivity index is 1.17. The third-order valence-electron chi connectivity index (χ3n) is 9.66. The monoisotopic (exact) mass is 803 g/mol. The summed E-state index contributed by atoms with van der Waals surface area (Å²) in [5.74, 6) is -8.79. The molecule has 21 nitrogen and oxygen atoms in total. The molecule has 4 amide bonds. The summed E-state index contributed by atoms with van der Waals surface area (Å²) >= 11 is 2.16. The normalized spacial score (nSPS) is 22.2. The number of hydrazine groups is 1. The van der Waals surface area contributed by atoms with E-state index in [0.717, 1.165) is 46.2 Å². The zero-order chi connectivity index (χ0) is 39.9. The van der Waals surface area contributed by atoms with Gasteiger partial charge in [0.1, 0.15) is 29.4 Å². The van der Waals surface area contributed by atoms with Crippen molar-refractivity contribution in [2.45, 2.75) is 49.0 Å². The number of anilines is 1. The molecule has 1 aromatic carbocycles. The Hall–Kier alpha value is -5.78. The highest BCUT2D eigenvalue weighted by Gasteiger charge is 2.57. The number of β-lactam (4-membered cyclic amide) rings is 1. The molecule has 4 aliphatic rings. The van der Waals surface area contributed by atoms with Crippen LogP contribution in [0.4, 0.5) is 5.13 Å². The number of aliphatic carboxylic acids is 3. The number of fused-ring (bicyclic) bond motifs is 2. The highest BCUT2D eigenvalue weighted by atomic mass is 32.2. The standard InChI is InChI=1S/C32H34N8O13S2/c1-13-16(11-40(5-2-3-6-40)7-4-34-39-26(46)14-8-18(41)19(42)9-15(14)27(39)47)24(31(51)52)38-28(48)23(29(38)55-13)36-25(45)22(17-12-54-32(33)35-17)37-53-20(30(49)50)10-21(43)44/h8-9,12-13,20,23,29,34H,2-7,10-11H2,1H3,(H7-,33,35,36,37,41,42,43,44,45,46,47,49,50,51,52)/p+1/t13-,20-,23+,29+/m0/s1. The molecule has 5 heterocycles. The molecule has 23 heteroatoms. The Morgan fingerprint density at radius 2 is 1.71 bits per heavy atom. The first-order valence-corrected chi connectivity index (χ1v) is 18.5. The minimum Gasteiger partial charge on any atom is -0.504 e. The molecule has 1 aromatic heterocycles. The Labute approximate surface area is 318 Å². The first-order valence-electron chi connectivity index (χ1n) is 16.7. The number of carboxylic acid groups (broad SMARTS) is 3. The lowest BCUT2D eigenvalue weighted by Gasteiger charge is -2.51. The third kappa shape index (κ3) is 7.50. The highest BCUT2D eigenvalue weighted by molar-refractivity contribution is 8.00. The van der Waals surface area contributed by atoms with Crippen LogP contribution >= 0.6 is 23.1 Å². The van der Waals surface area contributed by atoms with E-state index >= 15 is 0 Å².